The van der Waals surface area contributed by atoms with E-state index in [1.807, 2.05) is 13.0 Å². The van der Waals surface area contributed by atoms with Gasteiger partial charge < -0.3 is 10.6 Å². The van der Waals surface area contributed by atoms with Crippen LogP contribution in [0.4, 0.5) is 29.3 Å². The molecule has 0 unspecified atom stereocenters. The molecule has 0 aromatic heterocycles. The van der Waals surface area contributed by atoms with E-state index >= 15 is 0 Å². The van der Waals surface area contributed by atoms with Crippen molar-refractivity contribution in [3.63, 3.8) is 0 Å². The van der Waals surface area contributed by atoms with Crippen LogP contribution in [-0.4, -0.2) is 6.03 Å². The zero-order valence-corrected chi connectivity index (χ0v) is 13.0. The van der Waals surface area contributed by atoms with Gasteiger partial charge in [-0.25, -0.2) is 4.79 Å². The van der Waals surface area contributed by atoms with Crippen molar-refractivity contribution in [1.82, 2.24) is 0 Å². The van der Waals surface area contributed by atoms with E-state index in [0.29, 0.717) is 5.69 Å². The Morgan fingerprint density at radius 1 is 1.09 bits per heavy atom. The van der Waals surface area contributed by atoms with Gasteiger partial charge in [0.2, 0.25) is 0 Å². The third-order valence-electron chi connectivity index (χ3n) is 2.88. The van der Waals surface area contributed by atoms with Gasteiger partial charge in [-0.1, -0.05) is 22.0 Å². The number of halogens is 4. The minimum Gasteiger partial charge on any atom is -0.308 e. The molecule has 0 heterocycles. The maximum Gasteiger partial charge on any atom is 0.416 e. The predicted molar refractivity (Wildman–Crippen MR) is 83.0 cm³/mol. The molecular formula is C15H12BrF3N2O. The number of alkyl halides is 3. The number of amides is 2. The minimum atomic E-state index is -4.45. The van der Waals surface area contributed by atoms with E-state index in [2.05, 4.69) is 26.6 Å². The lowest BCUT2D eigenvalue weighted by molar-refractivity contribution is -0.137. The summed E-state index contributed by atoms with van der Waals surface area (Å²) in [7, 11) is 0. The van der Waals surface area contributed by atoms with Crippen LogP contribution >= 0.6 is 15.9 Å². The molecule has 0 fully saturated rings. The van der Waals surface area contributed by atoms with Crippen LogP contribution in [0.3, 0.4) is 0 Å². The lowest BCUT2D eigenvalue weighted by atomic mass is 10.2. The summed E-state index contributed by atoms with van der Waals surface area (Å²) in [5.74, 6) is 0. The molecule has 0 aliphatic carbocycles. The molecule has 116 valence electrons. The fraction of sp³-hybridized carbons (Fsp3) is 0.133. The molecule has 2 rings (SSSR count). The van der Waals surface area contributed by atoms with Crippen molar-refractivity contribution in [1.29, 1.82) is 0 Å². The maximum atomic E-state index is 12.6. The molecule has 0 aliphatic heterocycles. The number of benzene rings is 2. The van der Waals surface area contributed by atoms with Crippen molar-refractivity contribution < 1.29 is 18.0 Å². The van der Waals surface area contributed by atoms with Gasteiger partial charge in [0.05, 0.1) is 5.56 Å². The average molecular weight is 373 g/mol. The largest absolute Gasteiger partial charge is 0.416 e. The molecule has 2 N–H and O–H groups in total. The summed E-state index contributed by atoms with van der Waals surface area (Å²) in [5, 5.41) is 4.97. The SMILES string of the molecule is Cc1cc(Br)ccc1NC(=O)Nc1cccc(C(F)(F)F)c1. The molecule has 3 nitrogen and oxygen atoms in total. The van der Waals surface area contributed by atoms with Crippen molar-refractivity contribution in [2.75, 3.05) is 10.6 Å². The minimum absolute atomic E-state index is 0.0714. The molecular weight excluding hydrogens is 361 g/mol. The van der Waals surface area contributed by atoms with E-state index in [4.69, 9.17) is 0 Å². The highest BCUT2D eigenvalue weighted by molar-refractivity contribution is 9.10. The highest BCUT2D eigenvalue weighted by Crippen LogP contribution is 2.30. The van der Waals surface area contributed by atoms with Gasteiger partial charge in [-0.3, -0.25) is 0 Å². The highest BCUT2D eigenvalue weighted by Gasteiger charge is 2.30. The van der Waals surface area contributed by atoms with Crippen LogP contribution in [0, 0.1) is 6.92 Å². The van der Waals surface area contributed by atoms with Gasteiger partial charge in [0.15, 0.2) is 0 Å². The zero-order chi connectivity index (χ0) is 16.3. The standard InChI is InChI=1S/C15H12BrF3N2O/c1-9-7-11(16)5-6-13(9)21-14(22)20-12-4-2-3-10(8-12)15(17,18)19/h2-8H,1H3,(H2,20,21,22). The first-order valence-corrected chi connectivity index (χ1v) is 7.06. The number of nitrogens with one attached hydrogen (secondary N) is 2. The second kappa shape index (κ2) is 6.39. The van der Waals surface area contributed by atoms with Crippen LogP contribution in [0.5, 0.6) is 0 Å². The van der Waals surface area contributed by atoms with Crippen molar-refractivity contribution >= 4 is 33.3 Å². The molecule has 2 aromatic carbocycles. The summed E-state index contributed by atoms with van der Waals surface area (Å²) >= 11 is 3.31. The number of anilines is 2. The van der Waals surface area contributed by atoms with Crippen LogP contribution in [0.25, 0.3) is 0 Å². The monoisotopic (exact) mass is 372 g/mol. The van der Waals surface area contributed by atoms with Crippen molar-refractivity contribution in [3.05, 3.63) is 58.1 Å². The summed E-state index contributed by atoms with van der Waals surface area (Å²) in [6, 6.07) is 9.13. The Labute approximate surface area is 133 Å². The fourth-order valence-corrected chi connectivity index (χ4v) is 2.30. The number of rotatable bonds is 2. The Hall–Kier alpha value is -2.02. The van der Waals surface area contributed by atoms with Gasteiger partial charge in [0, 0.05) is 15.8 Å². The van der Waals surface area contributed by atoms with E-state index in [-0.39, 0.29) is 5.69 Å². The normalized spacial score (nSPS) is 11.1. The number of hydrogen-bond donors (Lipinski definition) is 2. The lowest BCUT2D eigenvalue weighted by Gasteiger charge is -2.12. The number of carbonyl (C=O) groups excluding carboxylic acids is 1. The third kappa shape index (κ3) is 4.24. The van der Waals surface area contributed by atoms with Crippen LogP contribution in [0.1, 0.15) is 11.1 Å². The Morgan fingerprint density at radius 3 is 2.45 bits per heavy atom. The molecule has 2 amide bonds. The van der Waals surface area contributed by atoms with Gasteiger partial charge in [-0.15, -0.1) is 0 Å². The summed E-state index contributed by atoms with van der Waals surface area (Å²) in [5.41, 5.74) is 0.661. The molecule has 0 atom stereocenters. The molecule has 2 aromatic rings. The van der Waals surface area contributed by atoms with Crippen molar-refractivity contribution in [2.24, 2.45) is 0 Å². The first kappa shape index (κ1) is 16.4. The van der Waals surface area contributed by atoms with Crippen LogP contribution in [-0.2, 0) is 6.18 Å². The molecule has 22 heavy (non-hydrogen) atoms. The van der Waals surface area contributed by atoms with Gasteiger partial charge in [0.25, 0.3) is 0 Å². The molecule has 0 saturated heterocycles. The quantitative estimate of drug-likeness (QED) is 0.725. The Bertz CT molecular complexity index is 701. The van der Waals surface area contributed by atoms with Gasteiger partial charge >= 0.3 is 12.2 Å². The van der Waals surface area contributed by atoms with E-state index in [9.17, 15) is 18.0 Å². The second-order valence-electron chi connectivity index (χ2n) is 4.62. The van der Waals surface area contributed by atoms with Gasteiger partial charge in [-0.2, -0.15) is 13.2 Å². The Morgan fingerprint density at radius 2 is 1.82 bits per heavy atom. The number of hydrogen-bond acceptors (Lipinski definition) is 1. The van der Waals surface area contributed by atoms with Gasteiger partial charge in [-0.05, 0) is 48.9 Å². The predicted octanol–water partition coefficient (Wildman–Crippen LogP) is 5.42. The van der Waals surface area contributed by atoms with Crippen LogP contribution in [0.15, 0.2) is 46.9 Å². The number of carbonyl (C=O) groups is 1. The van der Waals surface area contributed by atoms with Gasteiger partial charge in [0.1, 0.15) is 0 Å². The maximum absolute atomic E-state index is 12.6. The summed E-state index contributed by atoms with van der Waals surface area (Å²) in [4.78, 5) is 11.9. The average Bonchev–Trinajstić information content (AvgIpc) is 2.41. The highest BCUT2D eigenvalue weighted by atomic mass is 79.9. The number of aryl methyl sites for hydroxylation is 1. The molecule has 0 radical (unpaired) electrons. The lowest BCUT2D eigenvalue weighted by Crippen LogP contribution is -2.20. The Kier molecular flexibility index (Phi) is 4.75. The molecule has 0 spiro atoms. The van der Waals surface area contributed by atoms with E-state index in [1.165, 1.54) is 12.1 Å². The van der Waals surface area contributed by atoms with Crippen molar-refractivity contribution in [3.8, 4) is 0 Å². The Balaban J connectivity index is 2.09. The molecule has 7 heteroatoms. The first-order valence-electron chi connectivity index (χ1n) is 6.27. The topological polar surface area (TPSA) is 41.1 Å². The molecule has 0 saturated carbocycles. The van der Waals surface area contributed by atoms with E-state index in [1.54, 1.807) is 12.1 Å². The third-order valence-corrected chi connectivity index (χ3v) is 3.38. The first-order chi connectivity index (χ1) is 10.3. The zero-order valence-electron chi connectivity index (χ0n) is 11.5. The van der Waals surface area contributed by atoms with E-state index in [0.717, 1.165) is 22.2 Å². The summed E-state index contributed by atoms with van der Waals surface area (Å²) in [6.07, 6.45) is -4.45. The fourth-order valence-electron chi connectivity index (χ4n) is 1.83. The summed E-state index contributed by atoms with van der Waals surface area (Å²) < 4.78 is 38.7. The summed E-state index contributed by atoms with van der Waals surface area (Å²) in [6.45, 7) is 1.81. The number of urea groups is 1. The second-order valence-corrected chi connectivity index (χ2v) is 5.53. The molecule has 0 bridgehead atoms. The van der Waals surface area contributed by atoms with Crippen molar-refractivity contribution in [2.45, 2.75) is 13.1 Å². The van der Waals surface area contributed by atoms with E-state index < -0.39 is 17.8 Å². The van der Waals surface area contributed by atoms with Crippen LogP contribution in [0.2, 0.25) is 0 Å². The smallest absolute Gasteiger partial charge is 0.308 e. The van der Waals surface area contributed by atoms with Crippen LogP contribution < -0.4 is 10.6 Å². The molecule has 0 aliphatic rings.